The van der Waals surface area contributed by atoms with Gasteiger partial charge in [0.1, 0.15) is 5.82 Å². The fourth-order valence-corrected chi connectivity index (χ4v) is 3.74. The number of amides is 1. The minimum atomic E-state index is -0.282. The Labute approximate surface area is 168 Å². The van der Waals surface area contributed by atoms with Crippen molar-refractivity contribution in [1.82, 2.24) is 24.7 Å². The van der Waals surface area contributed by atoms with Crippen LogP contribution in [0.1, 0.15) is 36.1 Å². The van der Waals surface area contributed by atoms with E-state index in [1.54, 1.807) is 0 Å². The summed E-state index contributed by atoms with van der Waals surface area (Å²) in [5, 5.41) is 16.5. The number of carbonyl (C=O) groups is 1. The Hall–Kier alpha value is -3.00. The maximum Gasteiger partial charge on any atom is 0.232 e. The smallest absolute Gasteiger partial charge is 0.232 e. The summed E-state index contributed by atoms with van der Waals surface area (Å²) < 4.78 is 7.22. The van der Waals surface area contributed by atoms with Crippen LogP contribution < -0.4 is 5.32 Å². The third-order valence-corrected chi connectivity index (χ3v) is 5.54. The van der Waals surface area contributed by atoms with E-state index in [4.69, 9.17) is 4.74 Å². The lowest BCUT2D eigenvalue weighted by Gasteiger charge is -2.30. The molecule has 1 unspecified atom stereocenters. The van der Waals surface area contributed by atoms with E-state index in [2.05, 4.69) is 20.6 Å². The molecule has 0 bridgehead atoms. The van der Waals surface area contributed by atoms with Gasteiger partial charge >= 0.3 is 0 Å². The molecule has 1 N–H and O–H groups in total. The first-order chi connectivity index (χ1) is 14.3. The summed E-state index contributed by atoms with van der Waals surface area (Å²) in [5.74, 6) is 1.95. The summed E-state index contributed by atoms with van der Waals surface area (Å²) in [5.41, 5.74) is 1.75. The molecular formula is C21H24N6O2. The molecule has 1 aliphatic carbocycles. The van der Waals surface area contributed by atoms with Crippen molar-refractivity contribution in [2.24, 2.45) is 0 Å². The van der Waals surface area contributed by atoms with Gasteiger partial charge in [-0.3, -0.25) is 4.79 Å². The Morgan fingerprint density at radius 1 is 1.10 bits per heavy atom. The molecular weight excluding hydrogens is 368 g/mol. The van der Waals surface area contributed by atoms with Crippen molar-refractivity contribution >= 4 is 17.4 Å². The van der Waals surface area contributed by atoms with E-state index in [0.29, 0.717) is 38.8 Å². The number of nitrogens with zero attached hydrogens (tertiary/aromatic N) is 5. The lowest BCUT2D eigenvalue weighted by atomic mass is 9.97. The minimum absolute atomic E-state index is 0.121. The molecule has 2 aromatic heterocycles. The van der Waals surface area contributed by atoms with E-state index < -0.39 is 0 Å². The second-order valence-electron chi connectivity index (χ2n) is 7.60. The van der Waals surface area contributed by atoms with Gasteiger partial charge in [0.15, 0.2) is 11.5 Å². The van der Waals surface area contributed by atoms with Crippen LogP contribution in [0.15, 0.2) is 42.5 Å². The topological polar surface area (TPSA) is 84.7 Å². The van der Waals surface area contributed by atoms with Crippen LogP contribution in [0.2, 0.25) is 0 Å². The summed E-state index contributed by atoms with van der Waals surface area (Å²) in [4.78, 5) is 15.1. The molecule has 1 aromatic carbocycles. The zero-order valence-electron chi connectivity index (χ0n) is 16.2. The molecule has 1 amide bonds. The number of aromatic nitrogens is 4. The molecule has 5 rings (SSSR count). The van der Waals surface area contributed by atoms with Crippen molar-refractivity contribution in [3.8, 4) is 0 Å². The van der Waals surface area contributed by atoms with Crippen LogP contribution in [0.5, 0.6) is 0 Å². The number of hydrogen-bond donors (Lipinski definition) is 1. The summed E-state index contributed by atoms with van der Waals surface area (Å²) in [6.07, 6.45) is 2.29. The van der Waals surface area contributed by atoms with Crippen molar-refractivity contribution in [3.63, 3.8) is 0 Å². The molecule has 3 heterocycles. The van der Waals surface area contributed by atoms with Gasteiger partial charge in [0.2, 0.25) is 5.91 Å². The number of fused-ring (bicyclic) bond motifs is 1. The van der Waals surface area contributed by atoms with Gasteiger partial charge in [-0.2, -0.15) is 4.52 Å². The molecule has 0 spiro atoms. The van der Waals surface area contributed by atoms with Crippen LogP contribution in [0.3, 0.4) is 0 Å². The van der Waals surface area contributed by atoms with E-state index >= 15 is 0 Å². The lowest BCUT2D eigenvalue weighted by molar-refractivity contribution is -0.136. The van der Waals surface area contributed by atoms with Crippen molar-refractivity contribution in [3.05, 3.63) is 53.9 Å². The Kier molecular flexibility index (Phi) is 4.85. The van der Waals surface area contributed by atoms with E-state index in [1.807, 2.05) is 51.9 Å². The number of morpholine rings is 1. The van der Waals surface area contributed by atoms with Gasteiger partial charge < -0.3 is 15.0 Å². The van der Waals surface area contributed by atoms with Gasteiger partial charge in [-0.05, 0) is 30.5 Å². The van der Waals surface area contributed by atoms with Gasteiger partial charge in [0.25, 0.3) is 0 Å². The lowest BCUT2D eigenvalue weighted by Crippen LogP contribution is -2.44. The Morgan fingerprint density at radius 3 is 2.66 bits per heavy atom. The highest BCUT2D eigenvalue weighted by Gasteiger charge is 2.30. The molecule has 2 aliphatic rings. The molecule has 1 saturated heterocycles. The fourth-order valence-electron chi connectivity index (χ4n) is 3.74. The summed E-state index contributed by atoms with van der Waals surface area (Å²) in [7, 11) is 0. The number of ether oxygens (including phenoxy) is 1. The standard InChI is InChI=1S/C21H24N6O2/c28-21(26-10-12-29-13-11-26)17(15-4-2-1-3-5-15)14-22-18-8-9-19-23-24-20(16-6-7-16)27(19)25-18/h1-5,8-9,16-17H,6-7,10-14H2,(H,22,25). The summed E-state index contributed by atoms with van der Waals surface area (Å²) in [6.45, 7) is 2.93. The predicted octanol–water partition coefficient (Wildman–Crippen LogP) is 2.06. The zero-order valence-corrected chi connectivity index (χ0v) is 16.2. The first kappa shape index (κ1) is 18.1. The third kappa shape index (κ3) is 3.80. The van der Waals surface area contributed by atoms with Crippen LogP contribution in [0.4, 0.5) is 5.82 Å². The second kappa shape index (κ2) is 7.79. The number of rotatable bonds is 6. The Morgan fingerprint density at radius 2 is 1.90 bits per heavy atom. The van der Waals surface area contributed by atoms with E-state index in [9.17, 15) is 4.79 Å². The molecule has 0 radical (unpaired) electrons. The number of anilines is 1. The first-order valence-corrected chi connectivity index (χ1v) is 10.2. The summed E-state index contributed by atoms with van der Waals surface area (Å²) in [6, 6.07) is 13.7. The van der Waals surface area contributed by atoms with Gasteiger partial charge in [-0.25, -0.2) is 0 Å². The fraction of sp³-hybridized carbons (Fsp3) is 0.429. The maximum atomic E-state index is 13.2. The maximum absolute atomic E-state index is 13.2. The minimum Gasteiger partial charge on any atom is -0.378 e. The summed E-state index contributed by atoms with van der Waals surface area (Å²) >= 11 is 0. The normalized spacial score (nSPS) is 18.0. The van der Waals surface area contributed by atoms with Crippen molar-refractivity contribution in [2.75, 3.05) is 38.2 Å². The Bertz CT molecular complexity index is 995. The predicted molar refractivity (Wildman–Crippen MR) is 108 cm³/mol. The van der Waals surface area contributed by atoms with Crippen LogP contribution in [-0.2, 0) is 9.53 Å². The SMILES string of the molecule is O=C(C(CNc1ccc2nnc(C3CC3)n2n1)c1ccccc1)N1CCOCC1. The molecule has 2 fully saturated rings. The zero-order chi connectivity index (χ0) is 19.6. The average molecular weight is 392 g/mol. The van der Waals surface area contributed by atoms with Crippen LogP contribution >= 0.6 is 0 Å². The molecule has 8 heteroatoms. The van der Waals surface area contributed by atoms with Gasteiger partial charge in [-0.1, -0.05) is 30.3 Å². The monoisotopic (exact) mass is 392 g/mol. The number of hydrogen-bond acceptors (Lipinski definition) is 6. The van der Waals surface area contributed by atoms with Gasteiger partial charge in [-0.15, -0.1) is 15.3 Å². The highest BCUT2D eigenvalue weighted by atomic mass is 16.5. The first-order valence-electron chi connectivity index (χ1n) is 10.2. The second-order valence-corrected chi connectivity index (χ2v) is 7.60. The van der Waals surface area contributed by atoms with E-state index in [0.717, 1.165) is 35.7 Å². The van der Waals surface area contributed by atoms with Crippen molar-refractivity contribution in [2.45, 2.75) is 24.7 Å². The third-order valence-electron chi connectivity index (χ3n) is 5.54. The van der Waals surface area contributed by atoms with Crippen LogP contribution in [0, 0.1) is 0 Å². The molecule has 1 aliphatic heterocycles. The van der Waals surface area contributed by atoms with Crippen LogP contribution in [-0.4, -0.2) is 63.5 Å². The van der Waals surface area contributed by atoms with Crippen molar-refractivity contribution < 1.29 is 9.53 Å². The molecule has 1 saturated carbocycles. The molecule has 29 heavy (non-hydrogen) atoms. The van der Waals surface area contributed by atoms with E-state index in [1.165, 1.54) is 0 Å². The molecule has 150 valence electrons. The number of benzene rings is 1. The average Bonchev–Trinajstić information content (AvgIpc) is 3.54. The van der Waals surface area contributed by atoms with Crippen LogP contribution in [0.25, 0.3) is 5.65 Å². The molecule has 8 nitrogen and oxygen atoms in total. The Balaban J connectivity index is 1.36. The largest absolute Gasteiger partial charge is 0.378 e. The number of carbonyl (C=O) groups excluding carboxylic acids is 1. The van der Waals surface area contributed by atoms with Gasteiger partial charge in [0.05, 0.1) is 19.1 Å². The van der Waals surface area contributed by atoms with E-state index in [-0.39, 0.29) is 11.8 Å². The highest BCUT2D eigenvalue weighted by molar-refractivity contribution is 5.84. The number of nitrogens with one attached hydrogen (secondary N) is 1. The highest BCUT2D eigenvalue weighted by Crippen LogP contribution is 2.38. The molecule has 3 aromatic rings. The van der Waals surface area contributed by atoms with Crippen molar-refractivity contribution in [1.29, 1.82) is 0 Å². The van der Waals surface area contributed by atoms with Gasteiger partial charge in [0, 0.05) is 25.6 Å². The quantitative estimate of drug-likeness (QED) is 0.691. The molecule has 1 atom stereocenters.